The number of nitrogens with one attached hydrogen (secondary N) is 1. The zero-order valence-corrected chi connectivity index (χ0v) is 17.7. The molecule has 0 saturated carbocycles. The van der Waals surface area contributed by atoms with Crippen molar-refractivity contribution in [2.24, 2.45) is 5.92 Å². The third-order valence-corrected chi connectivity index (χ3v) is 5.31. The van der Waals surface area contributed by atoms with Gasteiger partial charge in [-0.2, -0.15) is 0 Å². The van der Waals surface area contributed by atoms with Crippen LogP contribution in [0.1, 0.15) is 59.8 Å². The van der Waals surface area contributed by atoms with Crippen molar-refractivity contribution in [3.63, 3.8) is 0 Å². The lowest BCUT2D eigenvalue weighted by atomic mass is 10.0. The molecule has 1 saturated heterocycles. The second-order valence-electron chi connectivity index (χ2n) is 8.42. The standard InChI is InChI=1S/C23H32N4O/c1-15(2)11-21-13-22(25-18(5)24-21)23(28)27-10-6-7-20(14-27)26-19-9-8-16(3)17(4)12-19/h8-9,12-13,15,20,26H,6-7,10-11,14H2,1-5H3/t20-/m0/s1. The number of likely N-dealkylation sites (tertiary alicyclic amines) is 1. The molecule has 28 heavy (non-hydrogen) atoms. The second kappa shape index (κ2) is 8.72. The van der Waals surface area contributed by atoms with Crippen LogP contribution >= 0.6 is 0 Å². The van der Waals surface area contributed by atoms with Gasteiger partial charge >= 0.3 is 0 Å². The zero-order chi connectivity index (χ0) is 20.3. The lowest BCUT2D eigenvalue weighted by Gasteiger charge is -2.33. The lowest BCUT2D eigenvalue weighted by molar-refractivity contribution is 0.0708. The molecule has 2 heterocycles. The molecule has 1 amide bonds. The van der Waals surface area contributed by atoms with Crippen LogP contribution in [-0.2, 0) is 6.42 Å². The van der Waals surface area contributed by atoms with Gasteiger partial charge in [0.05, 0.1) is 0 Å². The molecule has 3 rings (SSSR count). The molecular weight excluding hydrogens is 348 g/mol. The summed E-state index contributed by atoms with van der Waals surface area (Å²) in [6.45, 7) is 11.9. The minimum atomic E-state index is 0.0158. The molecule has 0 radical (unpaired) electrons. The minimum absolute atomic E-state index is 0.0158. The number of rotatable bonds is 5. The number of aromatic nitrogens is 2. The van der Waals surface area contributed by atoms with E-state index in [0.29, 0.717) is 24.0 Å². The molecule has 2 aromatic rings. The number of aryl methyl sites for hydroxylation is 3. The Hall–Kier alpha value is -2.43. The summed E-state index contributed by atoms with van der Waals surface area (Å²) in [4.78, 5) is 23.9. The molecule has 0 spiro atoms. The molecule has 0 unspecified atom stereocenters. The van der Waals surface area contributed by atoms with Gasteiger partial charge in [-0.25, -0.2) is 9.97 Å². The summed E-state index contributed by atoms with van der Waals surface area (Å²) in [6.07, 6.45) is 2.93. The predicted octanol–water partition coefficient (Wildman–Crippen LogP) is 4.32. The normalized spacial score (nSPS) is 17.1. The fraction of sp³-hybridized carbons (Fsp3) is 0.522. The SMILES string of the molecule is Cc1nc(CC(C)C)cc(C(=O)N2CCC[C@H](Nc3ccc(C)c(C)c3)C2)n1. The van der Waals surface area contributed by atoms with Crippen LogP contribution in [0, 0.1) is 26.7 Å². The van der Waals surface area contributed by atoms with Gasteiger partial charge in [-0.15, -0.1) is 0 Å². The number of amides is 1. The topological polar surface area (TPSA) is 58.1 Å². The Morgan fingerprint density at radius 3 is 2.68 bits per heavy atom. The van der Waals surface area contributed by atoms with E-state index in [0.717, 1.165) is 37.2 Å². The fourth-order valence-corrected chi connectivity index (χ4v) is 3.77. The number of carbonyl (C=O) groups excluding carboxylic acids is 1. The maximum absolute atomic E-state index is 13.1. The van der Waals surface area contributed by atoms with Crippen molar-refractivity contribution in [1.29, 1.82) is 0 Å². The van der Waals surface area contributed by atoms with Crippen LogP contribution in [0.5, 0.6) is 0 Å². The highest BCUT2D eigenvalue weighted by Crippen LogP contribution is 2.20. The van der Waals surface area contributed by atoms with Crippen molar-refractivity contribution in [1.82, 2.24) is 14.9 Å². The molecule has 1 aliphatic rings. The Morgan fingerprint density at radius 2 is 1.96 bits per heavy atom. The minimum Gasteiger partial charge on any atom is -0.381 e. The zero-order valence-electron chi connectivity index (χ0n) is 17.7. The van der Waals surface area contributed by atoms with Gasteiger partial charge in [-0.05, 0) is 75.3 Å². The third-order valence-electron chi connectivity index (χ3n) is 5.31. The van der Waals surface area contributed by atoms with Gasteiger partial charge in [0, 0.05) is 30.5 Å². The van der Waals surface area contributed by atoms with Gasteiger partial charge in [0.1, 0.15) is 11.5 Å². The average Bonchev–Trinajstić information content (AvgIpc) is 2.63. The van der Waals surface area contributed by atoms with E-state index < -0.39 is 0 Å². The summed E-state index contributed by atoms with van der Waals surface area (Å²) in [5.74, 6) is 1.18. The van der Waals surface area contributed by atoms with Crippen LogP contribution in [0.4, 0.5) is 5.69 Å². The molecule has 1 atom stereocenters. The Labute approximate surface area is 168 Å². The molecule has 1 aromatic carbocycles. The monoisotopic (exact) mass is 380 g/mol. The highest BCUT2D eigenvalue weighted by molar-refractivity contribution is 5.92. The van der Waals surface area contributed by atoms with Crippen molar-refractivity contribution in [2.45, 2.75) is 59.9 Å². The summed E-state index contributed by atoms with van der Waals surface area (Å²) in [7, 11) is 0. The quantitative estimate of drug-likeness (QED) is 0.839. The number of hydrogen-bond donors (Lipinski definition) is 1. The smallest absolute Gasteiger partial charge is 0.272 e. The van der Waals surface area contributed by atoms with Crippen molar-refractivity contribution in [3.05, 3.63) is 52.6 Å². The van der Waals surface area contributed by atoms with Crippen LogP contribution in [0.25, 0.3) is 0 Å². The van der Waals surface area contributed by atoms with E-state index in [4.69, 9.17) is 0 Å². The van der Waals surface area contributed by atoms with Crippen molar-refractivity contribution >= 4 is 11.6 Å². The first-order valence-electron chi connectivity index (χ1n) is 10.3. The highest BCUT2D eigenvalue weighted by Gasteiger charge is 2.26. The van der Waals surface area contributed by atoms with E-state index in [2.05, 4.69) is 61.2 Å². The largest absolute Gasteiger partial charge is 0.381 e. The molecule has 0 bridgehead atoms. The van der Waals surface area contributed by atoms with Gasteiger partial charge in [-0.3, -0.25) is 4.79 Å². The second-order valence-corrected chi connectivity index (χ2v) is 8.42. The fourth-order valence-electron chi connectivity index (χ4n) is 3.77. The Kier molecular flexibility index (Phi) is 6.32. The number of anilines is 1. The van der Waals surface area contributed by atoms with E-state index in [9.17, 15) is 4.79 Å². The van der Waals surface area contributed by atoms with Crippen molar-refractivity contribution in [2.75, 3.05) is 18.4 Å². The number of carbonyl (C=O) groups is 1. The van der Waals surface area contributed by atoms with E-state index in [1.807, 2.05) is 17.9 Å². The maximum Gasteiger partial charge on any atom is 0.272 e. The number of benzene rings is 1. The van der Waals surface area contributed by atoms with E-state index in [1.54, 1.807) is 0 Å². The average molecular weight is 381 g/mol. The third kappa shape index (κ3) is 5.09. The van der Waals surface area contributed by atoms with Crippen LogP contribution < -0.4 is 5.32 Å². The summed E-state index contributed by atoms with van der Waals surface area (Å²) in [6, 6.07) is 8.58. The first-order valence-corrected chi connectivity index (χ1v) is 10.3. The molecule has 1 aliphatic heterocycles. The molecule has 150 valence electrons. The first-order chi connectivity index (χ1) is 13.3. The number of hydrogen-bond acceptors (Lipinski definition) is 4. The molecular formula is C23H32N4O. The summed E-state index contributed by atoms with van der Waals surface area (Å²) >= 11 is 0. The van der Waals surface area contributed by atoms with Crippen LogP contribution in [0.3, 0.4) is 0 Å². The molecule has 1 N–H and O–H groups in total. The summed E-state index contributed by atoms with van der Waals surface area (Å²) < 4.78 is 0. The lowest BCUT2D eigenvalue weighted by Crippen LogP contribution is -2.45. The van der Waals surface area contributed by atoms with Gasteiger partial charge in [-0.1, -0.05) is 19.9 Å². The predicted molar refractivity (Wildman–Crippen MR) is 114 cm³/mol. The van der Waals surface area contributed by atoms with E-state index in [1.165, 1.54) is 11.1 Å². The Bertz CT molecular complexity index is 846. The first kappa shape index (κ1) is 20.3. The van der Waals surface area contributed by atoms with Crippen LogP contribution in [0.15, 0.2) is 24.3 Å². The maximum atomic E-state index is 13.1. The van der Waals surface area contributed by atoms with Gasteiger partial charge < -0.3 is 10.2 Å². The van der Waals surface area contributed by atoms with E-state index >= 15 is 0 Å². The van der Waals surface area contributed by atoms with Crippen molar-refractivity contribution in [3.8, 4) is 0 Å². The molecule has 5 heteroatoms. The Morgan fingerprint density at radius 1 is 1.18 bits per heavy atom. The highest BCUT2D eigenvalue weighted by atomic mass is 16.2. The van der Waals surface area contributed by atoms with E-state index in [-0.39, 0.29) is 11.9 Å². The van der Waals surface area contributed by atoms with Gasteiger partial charge in [0.15, 0.2) is 0 Å². The molecule has 0 aliphatic carbocycles. The van der Waals surface area contributed by atoms with Crippen LogP contribution in [0.2, 0.25) is 0 Å². The molecule has 1 fully saturated rings. The van der Waals surface area contributed by atoms with Crippen LogP contribution in [-0.4, -0.2) is 39.9 Å². The molecule has 5 nitrogen and oxygen atoms in total. The number of nitrogens with zero attached hydrogens (tertiary/aromatic N) is 3. The summed E-state index contributed by atoms with van der Waals surface area (Å²) in [5, 5.41) is 3.61. The molecule has 1 aromatic heterocycles. The van der Waals surface area contributed by atoms with Gasteiger partial charge in [0.25, 0.3) is 5.91 Å². The Balaban J connectivity index is 1.70. The van der Waals surface area contributed by atoms with Crippen molar-refractivity contribution < 1.29 is 4.79 Å². The summed E-state index contributed by atoms with van der Waals surface area (Å²) in [5.41, 5.74) is 5.17. The number of piperidine rings is 1. The van der Waals surface area contributed by atoms with Gasteiger partial charge in [0.2, 0.25) is 0 Å².